The molecule has 126 valence electrons. The van der Waals surface area contributed by atoms with Crippen molar-refractivity contribution in [2.75, 3.05) is 16.8 Å². The highest BCUT2D eigenvalue weighted by molar-refractivity contribution is 5.84. The number of para-hydroxylation sites is 1. The molecule has 3 aliphatic rings. The number of anilines is 2. The fourth-order valence-corrected chi connectivity index (χ4v) is 3.25. The van der Waals surface area contributed by atoms with Crippen molar-refractivity contribution in [3.05, 3.63) is 66.3 Å². The van der Waals surface area contributed by atoms with Crippen molar-refractivity contribution in [2.45, 2.75) is 18.8 Å². The summed E-state index contributed by atoms with van der Waals surface area (Å²) in [6.45, 7) is 0.544. The Balaban J connectivity index is 1.47. The Kier molecular flexibility index (Phi) is 3.21. The average molecular weight is 337 g/mol. The largest absolute Gasteiger partial charge is 0.327 e. The summed E-state index contributed by atoms with van der Waals surface area (Å²) < 4.78 is 14.2. The highest BCUT2D eigenvalue weighted by Gasteiger charge is 2.33. The van der Waals surface area contributed by atoms with Gasteiger partial charge in [0.25, 0.3) is 0 Å². The fraction of sp³-hybridized carbons (Fsp3) is 0.222. The molecule has 1 aliphatic carbocycles. The second kappa shape index (κ2) is 5.56. The van der Waals surface area contributed by atoms with Gasteiger partial charge in [0.15, 0.2) is 5.82 Å². The molecule has 1 aromatic heterocycles. The fourth-order valence-electron chi connectivity index (χ4n) is 3.25. The van der Waals surface area contributed by atoms with E-state index < -0.39 is 0 Å². The highest BCUT2D eigenvalue weighted by Crippen LogP contribution is 2.39. The molecule has 1 fully saturated rings. The molecule has 0 amide bonds. The molecular formula is C18H18FN6+. The molecule has 6 nitrogen and oxygen atoms in total. The number of H-pyrrole nitrogens is 1. The van der Waals surface area contributed by atoms with E-state index in [0.29, 0.717) is 18.2 Å². The van der Waals surface area contributed by atoms with Crippen molar-refractivity contribution >= 4 is 17.3 Å². The maximum atomic E-state index is 14.2. The lowest BCUT2D eigenvalue weighted by atomic mass is 10.2. The molecule has 0 radical (unpaired) electrons. The minimum absolute atomic E-state index is 0.246. The molecule has 5 rings (SSSR count). The lowest BCUT2D eigenvalue weighted by Crippen LogP contribution is -3.10. The SMILES string of the molecule is Fc1ccccc1N1C=C(Nc2cc(C3CC3)[nH]n2)[NH+]2C=CN=C2C1. The highest BCUT2D eigenvalue weighted by atomic mass is 19.1. The van der Waals surface area contributed by atoms with Crippen LogP contribution in [0.5, 0.6) is 0 Å². The quantitative estimate of drug-likeness (QED) is 0.799. The van der Waals surface area contributed by atoms with Crippen LogP contribution < -0.4 is 15.1 Å². The van der Waals surface area contributed by atoms with Gasteiger partial charge in [-0.15, -0.1) is 0 Å². The zero-order valence-electron chi connectivity index (χ0n) is 13.5. The third-order valence-electron chi connectivity index (χ3n) is 4.72. The summed E-state index contributed by atoms with van der Waals surface area (Å²) >= 11 is 0. The molecule has 25 heavy (non-hydrogen) atoms. The number of hydrogen-bond acceptors (Lipinski definition) is 4. The molecule has 2 aliphatic heterocycles. The number of quaternary nitrogens is 1. The molecule has 1 saturated carbocycles. The van der Waals surface area contributed by atoms with Crippen molar-refractivity contribution in [2.24, 2.45) is 4.99 Å². The first-order valence-electron chi connectivity index (χ1n) is 8.44. The van der Waals surface area contributed by atoms with E-state index in [9.17, 15) is 4.39 Å². The van der Waals surface area contributed by atoms with Crippen LogP contribution in [0.15, 0.2) is 59.7 Å². The first-order valence-corrected chi connectivity index (χ1v) is 8.44. The summed E-state index contributed by atoms with van der Waals surface area (Å²) in [6, 6.07) is 8.83. The van der Waals surface area contributed by atoms with Crippen LogP contribution in [-0.2, 0) is 0 Å². The number of rotatable bonds is 4. The van der Waals surface area contributed by atoms with Crippen LogP contribution in [-0.4, -0.2) is 22.6 Å². The maximum Gasteiger partial charge on any atom is 0.232 e. The molecule has 1 aromatic carbocycles. The summed E-state index contributed by atoms with van der Waals surface area (Å²) in [4.78, 5) is 7.33. The van der Waals surface area contributed by atoms with Gasteiger partial charge in [0.1, 0.15) is 18.6 Å². The van der Waals surface area contributed by atoms with Gasteiger partial charge in [-0.2, -0.15) is 5.10 Å². The summed E-state index contributed by atoms with van der Waals surface area (Å²) in [5.41, 5.74) is 1.71. The summed E-state index contributed by atoms with van der Waals surface area (Å²) in [5.74, 6) is 2.94. The van der Waals surface area contributed by atoms with Gasteiger partial charge in [0, 0.05) is 17.7 Å². The van der Waals surface area contributed by atoms with E-state index in [1.165, 1.54) is 24.6 Å². The van der Waals surface area contributed by atoms with Crippen LogP contribution in [0.25, 0.3) is 0 Å². The normalized spacial score (nSPS) is 21.8. The number of benzene rings is 1. The van der Waals surface area contributed by atoms with Gasteiger partial charge in [-0.05, 0) is 25.0 Å². The number of halogens is 1. The lowest BCUT2D eigenvalue weighted by molar-refractivity contribution is -0.698. The van der Waals surface area contributed by atoms with Crippen molar-refractivity contribution < 1.29 is 9.29 Å². The van der Waals surface area contributed by atoms with E-state index in [1.54, 1.807) is 18.3 Å². The molecular weight excluding hydrogens is 319 g/mol. The molecule has 3 heterocycles. The second-order valence-electron chi connectivity index (χ2n) is 6.54. The van der Waals surface area contributed by atoms with E-state index >= 15 is 0 Å². The number of hydrogen-bond donors (Lipinski definition) is 3. The minimum Gasteiger partial charge on any atom is -0.327 e. The number of nitrogens with one attached hydrogen (secondary N) is 3. The van der Waals surface area contributed by atoms with Crippen LogP contribution in [0.1, 0.15) is 24.5 Å². The van der Waals surface area contributed by atoms with Crippen molar-refractivity contribution in [1.82, 2.24) is 10.2 Å². The van der Waals surface area contributed by atoms with Gasteiger partial charge in [0.2, 0.25) is 11.7 Å². The van der Waals surface area contributed by atoms with Crippen LogP contribution in [0, 0.1) is 5.82 Å². The van der Waals surface area contributed by atoms with Crippen LogP contribution >= 0.6 is 0 Å². The van der Waals surface area contributed by atoms with Crippen molar-refractivity contribution in [3.63, 3.8) is 0 Å². The van der Waals surface area contributed by atoms with Gasteiger partial charge >= 0.3 is 0 Å². The van der Waals surface area contributed by atoms with E-state index in [2.05, 4.69) is 26.6 Å². The van der Waals surface area contributed by atoms with Gasteiger partial charge < -0.3 is 4.90 Å². The van der Waals surface area contributed by atoms with Gasteiger partial charge in [-0.25, -0.2) is 14.3 Å². The molecule has 1 atom stereocenters. The Bertz CT molecular complexity index is 908. The van der Waals surface area contributed by atoms with E-state index in [0.717, 1.165) is 22.4 Å². The Morgan fingerprint density at radius 2 is 2.16 bits per heavy atom. The van der Waals surface area contributed by atoms with Crippen LogP contribution in [0.3, 0.4) is 0 Å². The molecule has 0 bridgehead atoms. The summed E-state index contributed by atoms with van der Waals surface area (Å²) in [5, 5.41) is 10.8. The lowest BCUT2D eigenvalue weighted by Gasteiger charge is -2.28. The van der Waals surface area contributed by atoms with Gasteiger partial charge in [-0.3, -0.25) is 10.4 Å². The molecule has 7 heteroatoms. The Labute approximate surface area is 144 Å². The number of fused-ring (bicyclic) bond motifs is 1. The number of amidine groups is 1. The monoisotopic (exact) mass is 337 g/mol. The first kappa shape index (κ1) is 14.4. The summed E-state index contributed by atoms with van der Waals surface area (Å²) in [7, 11) is 0. The number of aliphatic imine (C=N–C) groups is 1. The third kappa shape index (κ3) is 2.62. The van der Waals surface area contributed by atoms with Crippen molar-refractivity contribution in [1.29, 1.82) is 0 Å². The molecule has 2 aromatic rings. The molecule has 1 unspecified atom stereocenters. The predicted octanol–water partition coefficient (Wildman–Crippen LogP) is 1.93. The van der Waals surface area contributed by atoms with Crippen LogP contribution in [0.2, 0.25) is 0 Å². The Morgan fingerprint density at radius 1 is 1.28 bits per heavy atom. The third-order valence-corrected chi connectivity index (χ3v) is 4.72. The number of aromatic nitrogens is 2. The summed E-state index contributed by atoms with van der Waals surface area (Å²) in [6.07, 6.45) is 8.13. The number of nitrogens with zero attached hydrogens (tertiary/aromatic N) is 3. The van der Waals surface area contributed by atoms with Gasteiger partial charge in [0.05, 0.1) is 18.1 Å². The van der Waals surface area contributed by atoms with E-state index in [4.69, 9.17) is 0 Å². The molecule has 0 saturated heterocycles. The van der Waals surface area contributed by atoms with Crippen molar-refractivity contribution in [3.8, 4) is 0 Å². The first-order chi connectivity index (χ1) is 12.3. The van der Waals surface area contributed by atoms with Crippen LogP contribution in [0.4, 0.5) is 15.9 Å². The predicted molar refractivity (Wildman–Crippen MR) is 93.6 cm³/mol. The molecule has 3 N–H and O–H groups in total. The molecule has 0 spiro atoms. The smallest absolute Gasteiger partial charge is 0.232 e. The maximum absolute atomic E-state index is 14.2. The zero-order valence-corrected chi connectivity index (χ0v) is 13.5. The Morgan fingerprint density at radius 3 is 3.00 bits per heavy atom. The number of aromatic amines is 1. The van der Waals surface area contributed by atoms with Gasteiger partial charge in [-0.1, -0.05) is 12.1 Å². The van der Waals surface area contributed by atoms with E-state index in [-0.39, 0.29) is 5.82 Å². The topological polar surface area (TPSA) is 60.8 Å². The Hall–Kier alpha value is -2.93. The second-order valence-corrected chi connectivity index (χ2v) is 6.54. The zero-order chi connectivity index (χ0) is 16.8. The minimum atomic E-state index is -0.246. The average Bonchev–Trinajstić information content (AvgIpc) is 3.17. The van der Waals surface area contributed by atoms with E-state index in [1.807, 2.05) is 23.4 Å². The standard InChI is InChI=1S/C18H17FN6/c19-13-3-1-2-4-15(13)24-10-17-20-7-8-25(17)18(11-24)21-16-9-14(22-23-16)12-5-6-12/h1-4,7-9,11-12H,5-6,10H2,(H2,21,22,23)/p+1.